The van der Waals surface area contributed by atoms with Crippen LogP contribution in [0.5, 0.6) is 0 Å². The molecule has 0 atom stereocenters. The van der Waals surface area contributed by atoms with Crippen LogP contribution in [0.4, 0.5) is 5.82 Å². The van der Waals surface area contributed by atoms with Gasteiger partial charge in [-0.3, -0.25) is 0 Å². The Labute approximate surface area is 101 Å². The predicted octanol–water partition coefficient (Wildman–Crippen LogP) is 0.992. The molecule has 5 heteroatoms. The van der Waals surface area contributed by atoms with Crippen LogP contribution < -0.4 is 5.32 Å². The van der Waals surface area contributed by atoms with E-state index in [4.69, 9.17) is 4.74 Å². The first-order chi connectivity index (χ1) is 8.28. The first kappa shape index (κ1) is 12.3. The maximum Gasteiger partial charge on any atom is 0.130 e. The van der Waals surface area contributed by atoms with Crippen molar-refractivity contribution in [1.82, 2.24) is 9.97 Å². The number of aryl methyl sites for hydroxylation is 1. The van der Waals surface area contributed by atoms with Gasteiger partial charge in [0.05, 0.1) is 12.1 Å². The maximum absolute atomic E-state index is 9.57. The second-order valence-corrected chi connectivity index (χ2v) is 4.42. The van der Waals surface area contributed by atoms with Gasteiger partial charge in [-0.05, 0) is 19.3 Å². The monoisotopic (exact) mass is 237 g/mol. The molecule has 5 nitrogen and oxygen atoms in total. The van der Waals surface area contributed by atoms with Gasteiger partial charge in [0.25, 0.3) is 0 Å². The highest BCUT2D eigenvalue weighted by Gasteiger charge is 2.32. The molecule has 1 aromatic heterocycles. The Kier molecular flexibility index (Phi) is 3.91. The smallest absolute Gasteiger partial charge is 0.130 e. The number of aliphatic hydroxyl groups excluding tert-OH is 1. The molecule has 1 aliphatic rings. The van der Waals surface area contributed by atoms with Gasteiger partial charge in [-0.15, -0.1) is 0 Å². The number of anilines is 1. The van der Waals surface area contributed by atoms with Crippen molar-refractivity contribution in [3.63, 3.8) is 0 Å². The van der Waals surface area contributed by atoms with E-state index in [0.29, 0.717) is 13.2 Å². The molecule has 0 amide bonds. The Morgan fingerprint density at radius 3 is 2.82 bits per heavy atom. The second-order valence-electron chi connectivity index (χ2n) is 4.42. The third-order valence-electron chi connectivity index (χ3n) is 3.23. The summed E-state index contributed by atoms with van der Waals surface area (Å²) in [5.41, 5.74) is 0.708. The lowest BCUT2D eigenvalue weighted by atomic mass is 9.91. The van der Waals surface area contributed by atoms with Crippen LogP contribution in [-0.2, 0) is 11.2 Å². The maximum atomic E-state index is 9.57. The number of aromatic nitrogens is 2. The lowest BCUT2D eigenvalue weighted by molar-refractivity contribution is 0.0378. The minimum atomic E-state index is -0.294. The summed E-state index contributed by atoms with van der Waals surface area (Å²) in [7, 11) is 0. The van der Waals surface area contributed by atoms with Crippen molar-refractivity contribution in [2.24, 2.45) is 0 Å². The highest BCUT2D eigenvalue weighted by Crippen LogP contribution is 2.24. The molecule has 0 bridgehead atoms. The summed E-state index contributed by atoms with van der Waals surface area (Å²) in [6, 6.07) is 1.94. The molecule has 17 heavy (non-hydrogen) atoms. The van der Waals surface area contributed by atoms with Gasteiger partial charge >= 0.3 is 0 Å². The van der Waals surface area contributed by atoms with Crippen molar-refractivity contribution < 1.29 is 9.84 Å². The molecule has 0 aromatic carbocycles. The third kappa shape index (κ3) is 2.92. The standard InChI is InChI=1S/C12H19N3O2/c1-2-10-7-11(14-9-13-10)15-12(8-16)3-5-17-6-4-12/h7,9,16H,2-6,8H2,1H3,(H,13,14,15). The number of hydrogen-bond acceptors (Lipinski definition) is 5. The van der Waals surface area contributed by atoms with E-state index in [1.165, 1.54) is 0 Å². The summed E-state index contributed by atoms with van der Waals surface area (Å²) in [4.78, 5) is 8.36. The van der Waals surface area contributed by atoms with Crippen molar-refractivity contribution in [3.8, 4) is 0 Å². The fourth-order valence-electron chi connectivity index (χ4n) is 2.02. The molecule has 0 radical (unpaired) electrons. The van der Waals surface area contributed by atoms with Crippen LogP contribution in [0, 0.1) is 0 Å². The molecule has 0 unspecified atom stereocenters. The summed E-state index contributed by atoms with van der Waals surface area (Å²) in [6.07, 6.45) is 4.04. The molecule has 1 aromatic rings. The van der Waals surface area contributed by atoms with E-state index in [1.807, 2.05) is 6.07 Å². The fraction of sp³-hybridized carbons (Fsp3) is 0.667. The van der Waals surface area contributed by atoms with E-state index < -0.39 is 0 Å². The number of rotatable bonds is 4. The molecule has 2 heterocycles. The lowest BCUT2D eigenvalue weighted by Crippen LogP contribution is -2.47. The Bertz CT molecular complexity index is 365. The van der Waals surface area contributed by atoms with Gasteiger partial charge in [-0.2, -0.15) is 0 Å². The highest BCUT2D eigenvalue weighted by atomic mass is 16.5. The zero-order valence-corrected chi connectivity index (χ0v) is 10.1. The minimum absolute atomic E-state index is 0.0990. The Morgan fingerprint density at radius 1 is 1.41 bits per heavy atom. The summed E-state index contributed by atoms with van der Waals surface area (Å²) in [5.74, 6) is 0.785. The van der Waals surface area contributed by atoms with E-state index in [9.17, 15) is 5.11 Å². The molecule has 1 saturated heterocycles. The Hall–Kier alpha value is -1.20. The van der Waals surface area contributed by atoms with Crippen LogP contribution in [0.3, 0.4) is 0 Å². The van der Waals surface area contributed by atoms with Gasteiger partial charge in [0, 0.05) is 25.0 Å². The van der Waals surface area contributed by atoms with Gasteiger partial charge in [0.15, 0.2) is 0 Å². The summed E-state index contributed by atoms with van der Waals surface area (Å²) < 4.78 is 5.33. The van der Waals surface area contributed by atoms with Gasteiger partial charge in [0.1, 0.15) is 12.1 Å². The molecule has 1 fully saturated rings. The zero-order chi connectivity index (χ0) is 12.1. The second kappa shape index (κ2) is 5.42. The molecule has 94 valence electrons. The van der Waals surface area contributed by atoms with Crippen LogP contribution in [-0.4, -0.2) is 40.4 Å². The Balaban J connectivity index is 2.11. The van der Waals surface area contributed by atoms with Gasteiger partial charge in [-0.25, -0.2) is 9.97 Å². The van der Waals surface area contributed by atoms with Crippen molar-refractivity contribution in [2.75, 3.05) is 25.1 Å². The number of nitrogens with one attached hydrogen (secondary N) is 1. The van der Waals surface area contributed by atoms with E-state index in [-0.39, 0.29) is 12.1 Å². The van der Waals surface area contributed by atoms with Crippen LogP contribution in [0.25, 0.3) is 0 Å². The summed E-state index contributed by atoms with van der Waals surface area (Å²) in [5, 5.41) is 12.9. The van der Waals surface area contributed by atoms with Gasteiger partial charge in [0.2, 0.25) is 0 Å². The topological polar surface area (TPSA) is 67.3 Å². The molecule has 2 N–H and O–H groups in total. The predicted molar refractivity (Wildman–Crippen MR) is 64.9 cm³/mol. The largest absolute Gasteiger partial charge is 0.394 e. The zero-order valence-electron chi connectivity index (χ0n) is 10.1. The highest BCUT2D eigenvalue weighted by molar-refractivity contribution is 5.38. The lowest BCUT2D eigenvalue weighted by Gasteiger charge is -2.36. The quantitative estimate of drug-likeness (QED) is 0.817. The molecule has 2 rings (SSSR count). The van der Waals surface area contributed by atoms with Crippen LogP contribution in [0.2, 0.25) is 0 Å². The summed E-state index contributed by atoms with van der Waals surface area (Å²) >= 11 is 0. The number of aliphatic hydroxyl groups is 1. The van der Waals surface area contributed by atoms with E-state index in [2.05, 4.69) is 22.2 Å². The third-order valence-corrected chi connectivity index (χ3v) is 3.23. The SMILES string of the molecule is CCc1cc(NC2(CO)CCOCC2)ncn1. The van der Waals surface area contributed by atoms with Crippen LogP contribution in [0.1, 0.15) is 25.5 Å². The average molecular weight is 237 g/mol. The van der Waals surface area contributed by atoms with Crippen LogP contribution in [0.15, 0.2) is 12.4 Å². The molecular weight excluding hydrogens is 218 g/mol. The van der Waals surface area contributed by atoms with Crippen molar-refractivity contribution in [1.29, 1.82) is 0 Å². The first-order valence-electron chi connectivity index (χ1n) is 6.06. The van der Waals surface area contributed by atoms with Crippen molar-refractivity contribution in [2.45, 2.75) is 31.7 Å². The van der Waals surface area contributed by atoms with E-state index in [1.54, 1.807) is 6.33 Å². The molecule has 0 aliphatic carbocycles. The number of ether oxygens (including phenoxy) is 1. The van der Waals surface area contributed by atoms with Crippen molar-refractivity contribution in [3.05, 3.63) is 18.1 Å². The number of hydrogen-bond donors (Lipinski definition) is 2. The normalized spacial score (nSPS) is 18.9. The van der Waals surface area contributed by atoms with Crippen molar-refractivity contribution >= 4 is 5.82 Å². The van der Waals surface area contributed by atoms with E-state index >= 15 is 0 Å². The average Bonchev–Trinajstić information content (AvgIpc) is 2.40. The minimum Gasteiger partial charge on any atom is -0.394 e. The van der Waals surface area contributed by atoms with Gasteiger partial charge in [-0.1, -0.05) is 6.92 Å². The van der Waals surface area contributed by atoms with Gasteiger partial charge < -0.3 is 15.2 Å². The molecule has 1 aliphatic heterocycles. The number of nitrogens with zero attached hydrogens (tertiary/aromatic N) is 2. The molecule has 0 spiro atoms. The first-order valence-corrected chi connectivity index (χ1v) is 6.06. The summed E-state index contributed by atoms with van der Waals surface area (Å²) in [6.45, 7) is 3.52. The molecular formula is C12H19N3O2. The molecule has 0 saturated carbocycles. The van der Waals surface area contributed by atoms with Crippen LogP contribution >= 0.6 is 0 Å². The fourth-order valence-corrected chi connectivity index (χ4v) is 2.02. The van der Waals surface area contributed by atoms with E-state index in [0.717, 1.165) is 30.8 Å². The Morgan fingerprint density at radius 2 is 2.18 bits per heavy atom.